The Labute approximate surface area is 122 Å². The van der Waals surface area contributed by atoms with Crippen LogP contribution in [-0.4, -0.2) is 30.1 Å². The van der Waals surface area contributed by atoms with E-state index in [1.807, 2.05) is 13.8 Å². The summed E-state index contributed by atoms with van der Waals surface area (Å²) in [5.41, 5.74) is 5.46. The van der Waals surface area contributed by atoms with Crippen molar-refractivity contribution in [1.82, 2.24) is 5.32 Å². The average Bonchev–Trinajstić information content (AvgIpc) is 2.42. The van der Waals surface area contributed by atoms with Crippen LogP contribution in [0.25, 0.3) is 0 Å². The third-order valence-electron chi connectivity index (χ3n) is 4.23. The molecule has 0 radical (unpaired) electrons. The molecule has 2 rings (SSSR count). The minimum absolute atomic E-state index is 0.0170. The van der Waals surface area contributed by atoms with Gasteiger partial charge in [0.05, 0.1) is 11.0 Å². The lowest BCUT2D eigenvalue weighted by atomic mass is 9.64. The van der Waals surface area contributed by atoms with Crippen molar-refractivity contribution in [3.8, 4) is 0 Å². The van der Waals surface area contributed by atoms with Crippen LogP contribution in [0.15, 0.2) is 18.2 Å². The first kappa shape index (κ1) is 15.2. The molecule has 1 fully saturated rings. The van der Waals surface area contributed by atoms with Crippen molar-refractivity contribution in [2.24, 2.45) is 5.41 Å². The Morgan fingerprint density at radius 2 is 2.19 bits per heavy atom. The Morgan fingerprint density at radius 1 is 1.52 bits per heavy atom. The summed E-state index contributed by atoms with van der Waals surface area (Å²) in [6.45, 7) is 3.98. The second-order valence-electron chi connectivity index (χ2n) is 5.84. The highest BCUT2D eigenvalue weighted by Crippen LogP contribution is 2.42. The van der Waals surface area contributed by atoms with Gasteiger partial charge in [-0.3, -0.25) is 14.9 Å². The third kappa shape index (κ3) is 2.69. The maximum Gasteiger partial charge on any atom is 0.282 e. The molecule has 0 aromatic heterocycles. The van der Waals surface area contributed by atoms with Gasteiger partial charge in [0.25, 0.3) is 11.6 Å². The van der Waals surface area contributed by atoms with Gasteiger partial charge in [-0.05, 0) is 18.6 Å². The predicted octanol–water partition coefficient (Wildman–Crippen LogP) is 1.72. The quantitative estimate of drug-likeness (QED) is 0.499. The van der Waals surface area contributed by atoms with Crippen LogP contribution in [0.5, 0.6) is 0 Å². The van der Waals surface area contributed by atoms with Crippen molar-refractivity contribution in [1.29, 1.82) is 0 Å². The number of rotatable bonds is 4. The summed E-state index contributed by atoms with van der Waals surface area (Å²) in [7, 11) is 1.63. The molecule has 3 N–H and O–H groups in total. The molecule has 2 atom stereocenters. The van der Waals surface area contributed by atoms with Crippen LogP contribution in [-0.2, 0) is 4.74 Å². The molecule has 0 bridgehead atoms. The zero-order valence-corrected chi connectivity index (χ0v) is 12.3. The van der Waals surface area contributed by atoms with Crippen LogP contribution < -0.4 is 11.1 Å². The number of amides is 1. The predicted molar refractivity (Wildman–Crippen MR) is 78.0 cm³/mol. The van der Waals surface area contributed by atoms with E-state index >= 15 is 0 Å². The minimum atomic E-state index is -0.585. The van der Waals surface area contributed by atoms with Gasteiger partial charge in [0, 0.05) is 30.3 Å². The second-order valence-corrected chi connectivity index (χ2v) is 5.84. The summed E-state index contributed by atoms with van der Waals surface area (Å²) >= 11 is 0. The molecule has 7 nitrogen and oxygen atoms in total. The number of carbonyl (C=O) groups is 1. The van der Waals surface area contributed by atoms with E-state index in [0.29, 0.717) is 12.1 Å². The monoisotopic (exact) mass is 293 g/mol. The number of nitrogens with one attached hydrogen (secondary N) is 1. The number of nitro benzene ring substituents is 1. The largest absolute Gasteiger partial charge is 0.399 e. The number of carbonyl (C=O) groups excluding carboxylic acids is 1. The van der Waals surface area contributed by atoms with Gasteiger partial charge in [-0.1, -0.05) is 13.8 Å². The Bertz CT molecular complexity index is 586. The fourth-order valence-corrected chi connectivity index (χ4v) is 2.66. The van der Waals surface area contributed by atoms with E-state index in [1.54, 1.807) is 7.11 Å². The molecule has 1 aliphatic carbocycles. The highest BCUT2D eigenvalue weighted by Gasteiger charge is 2.49. The Morgan fingerprint density at radius 3 is 2.71 bits per heavy atom. The first-order valence-electron chi connectivity index (χ1n) is 6.65. The van der Waals surface area contributed by atoms with Gasteiger partial charge >= 0.3 is 0 Å². The standard InChI is InChI=1S/C14H19N3O4/c1-14(2)11(7-12(14)21-3)16-13(18)9-6-8(15)4-5-10(9)17(19)20/h4-6,11-12H,7,15H2,1-3H3,(H,16,18). The van der Waals surface area contributed by atoms with E-state index in [1.165, 1.54) is 18.2 Å². The van der Waals surface area contributed by atoms with Gasteiger partial charge in [-0.25, -0.2) is 0 Å². The molecule has 2 unspecified atom stereocenters. The topological polar surface area (TPSA) is 107 Å². The SMILES string of the molecule is COC1CC(NC(=O)c2cc(N)ccc2[N+](=O)[O-])C1(C)C. The van der Waals surface area contributed by atoms with Gasteiger partial charge in [-0.2, -0.15) is 0 Å². The Kier molecular flexibility index (Phi) is 3.87. The zero-order valence-electron chi connectivity index (χ0n) is 12.3. The van der Waals surface area contributed by atoms with E-state index in [4.69, 9.17) is 10.5 Å². The van der Waals surface area contributed by atoms with Crippen molar-refractivity contribution < 1.29 is 14.5 Å². The number of benzene rings is 1. The minimum Gasteiger partial charge on any atom is -0.399 e. The van der Waals surface area contributed by atoms with E-state index in [0.717, 1.165) is 0 Å². The second kappa shape index (κ2) is 5.33. The molecule has 1 aromatic carbocycles. The molecule has 0 aliphatic heterocycles. The molecule has 0 spiro atoms. The average molecular weight is 293 g/mol. The number of hydrogen-bond acceptors (Lipinski definition) is 5. The van der Waals surface area contributed by atoms with Crippen molar-refractivity contribution in [2.75, 3.05) is 12.8 Å². The van der Waals surface area contributed by atoms with Crippen molar-refractivity contribution in [3.05, 3.63) is 33.9 Å². The first-order valence-corrected chi connectivity index (χ1v) is 6.65. The van der Waals surface area contributed by atoms with Crippen LogP contribution in [0.4, 0.5) is 11.4 Å². The summed E-state index contributed by atoms with van der Waals surface area (Å²) in [4.78, 5) is 22.7. The van der Waals surface area contributed by atoms with Crippen molar-refractivity contribution >= 4 is 17.3 Å². The molecule has 7 heteroatoms. The fourth-order valence-electron chi connectivity index (χ4n) is 2.66. The van der Waals surface area contributed by atoms with Gasteiger partial charge in [-0.15, -0.1) is 0 Å². The molecule has 21 heavy (non-hydrogen) atoms. The lowest BCUT2D eigenvalue weighted by Gasteiger charge is -2.51. The number of ether oxygens (including phenoxy) is 1. The lowest BCUT2D eigenvalue weighted by molar-refractivity contribution is -0.385. The summed E-state index contributed by atoms with van der Waals surface area (Å²) in [5.74, 6) is -0.485. The Hall–Kier alpha value is -2.15. The maximum atomic E-state index is 12.3. The molecule has 0 heterocycles. The maximum absolute atomic E-state index is 12.3. The molecule has 1 amide bonds. The molecule has 114 valence electrons. The molecule has 1 aliphatic rings. The molecular weight excluding hydrogens is 274 g/mol. The summed E-state index contributed by atoms with van der Waals surface area (Å²) in [5, 5.41) is 13.8. The first-order chi connectivity index (χ1) is 9.77. The van der Waals surface area contributed by atoms with E-state index in [2.05, 4.69) is 5.32 Å². The smallest absolute Gasteiger partial charge is 0.282 e. The number of nitro groups is 1. The lowest BCUT2D eigenvalue weighted by Crippen LogP contribution is -2.61. The van der Waals surface area contributed by atoms with Crippen molar-refractivity contribution in [3.63, 3.8) is 0 Å². The summed E-state index contributed by atoms with van der Waals surface area (Å²) in [6.07, 6.45) is 0.754. The highest BCUT2D eigenvalue weighted by atomic mass is 16.6. The van der Waals surface area contributed by atoms with Gasteiger partial charge in [0.2, 0.25) is 0 Å². The van der Waals surface area contributed by atoms with Gasteiger partial charge in [0.1, 0.15) is 5.56 Å². The number of nitrogens with two attached hydrogens (primary N) is 1. The Balaban J connectivity index is 2.19. The fraction of sp³-hybridized carbons (Fsp3) is 0.500. The number of hydrogen-bond donors (Lipinski definition) is 2. The molecule has 1 saturated carbocycles. The van der Waals surface area contributed by atoms with E-state index < -0.39 is 10.8 Å². The number of anilines is 1. The van der Waals surface area contributed by atoms with Crippen molar-refractivity contribution in [2.45, 2.75) is 32.4 Å². The normalized spacial score (nSPS) is 23.2. The van der Waals surface area contributed by atoms with Crippen LogP contribution in [0.3, 0.4) is 0 Å². The van der Waals surface area contributed by atoms with E-state index in [-0.39, 0.29) is 28.8 Å². The van der Waals surface area contributed by atoms with Crippen LogP contribution in [0.1, 0.15) is 30.6 Å². The molecule has 1 aromatic rings. The molecular formula is C14H19N3O4. The summed E-state index contributed by atoms with van der Waals surface area (Å²) < 4.78 is 5.32. The van der Waals surface area contributed by atoms with Crippen LogP contribution >= 0.6 is 0 Å². The highest BCUT2D eigenvalue weighted by molar-refractivity contribution is 5.99. The number of methoxy groups -OCH3 is 1. The van der Waals surface area contributed by atoms with Crippen LogP contribution in [0, 0.1) is 15.5 Å². The van der Waals surface area contributed by atoms with Crippen LogP contribution in [0.2, 0.25) is 0 Å². The number of nitrogen functional groups attached to an aromatic ring is 1. The third-order valence-corrected chi connectivity index (χ3v) is 4.23. The van der Waals surface area contributed by atoms with Gasteiger partial charge < -0.3 is 15.8 Å². The van der Waals surface area contributed by atoms with E-state index in [9.17, 15) is 14.9 Å². The summed E-state index contributed by atoms with van der Waals surface area (Å²) in [6, 6.07) is 3.89. The zero-order chi connectivity index (χ0) is 15.8. The number of nitrogens with zero attached hydrogens (tertiary/aromatic N) is 1. The molecule has 0 saturated heterocycles. The van der Waals surface area contributed by atoms with Gasteiger partial charge in [0.15, 0.2) is 0 Å².